The van der Waals surface area contributed by atoms with E-state index in [4.69, 9.17) is 25.8 Å². The molecule has 1 heterocycles. The summed E-state index contributed by atoms with van der Waals surface area (Å²) in [6.07, 6.45) is -1.83. The van der Waals surface area contributed by atoms with Crippen molar-refractivity contribution in [1.82, 2.24) is 5.32 Å². The number of nitrogens with one attached hydrogen (secondary N) is 1. The van der Waals surface area contributed by atoms with Crippen LogP contribution in [0.15, 0.2) is 36.4 Å². The van der Waals surface area contributed by atoms with E-state index in [1.807, 2.05) is 11.8 Å². The summed E-state index contributed by atoms with van der Waals surface area (Å²) in [6.45, 7) is 3.93. The maximum Gasteiger partial charge on any atom is 0.416 e. The summed E-state index contributed by atoms with van der Waals surface area (Å²) in [5, 5.41) is 2.82. The molecule has 0 aromatic heterocycles. The Morgan fingerprint density at radius 2 is 1.97 bits per heavy atom. The fraction of sp³-hybridized carbons (Fsp3) is 0.375. The molecule has 6 nitrogen and oxygen atoms in total. The molecule has 0 unspecified atom stereocenters. The second kappa shape index (κ2) is 11.5. The third-order valence-electron chi connectivity index (χ3n) is 5.19. The van der Waals surface area contributed by atoms with Crippen LogP contribution in [0, 0.1) is 0 Å². The fourth-order valence-electron chi connectivity index (χ4n) is 3.56. The zero-order chi connectivity index (χ0) is 24.7. The van der Waals surface area contributed by atoms with Crippen LogP contribution in [0.2, 0.25) is 5.02 Å². The Hall–Kier alpha value is -2.91. The van der Waals surface area contributed by atoms with Crippen LogP contribution in [0.5, 0.6) is 11.5 Å². The van der Waals surface area contributed by atoms with Crippen molar-refractivity contribution < 1.29 is 32.2 Å². The van der Waals surface area contributed by atoms with Crippen LogP contribution in [-0.4, -0.2) is 45.9 Å². The zero-order valence-electron chi connectivity index (χ0n) is 18.9. The number of benzene rings is 2. The summed E-state index contributed by atoms with van der Waals surface area (Å²) in [5.74, 6) is 0.258. The lowest BCUT2D eigenvalue weighted by Crippen LogP contribution is -2.36. The number of hydrogen-bond acceptors (Lipinski definition) is 5. The molecule has 0 saturated carbocycles. The van der Waals surface area contributed by atoms with Gasteiger partial charge in [0.2, 0.25) is 5.91 Å². The van der Waals surface area contributed by atoms with E-state index in [9.17, 15) is 18.0 Å². The first-order chi connectivity index (χ1) is 16.2. The molecule has 0 spiro atoms. The standard InChI is InChI=1S/C24H26ClF3N2O4/c1-3-34-21-13-16(12-20(25)23(21)32-2)4-7-22(31)29-15-17-5-6-18(14-19(17)24(26,27)28)30-8-10-33-11-9-30/h4-7,12-14H,3,8-11,15H2,1-2H3,(H,29,31)/b7-4+. The van der Waals surface area contributed by atoms with Crippen LogP contribution < -0.4 is 19.7 Å². The fourth-order valence-corrected chi connectivity index (χ4v) is 3.86. The van der Waals surface area contributed by atoms with Crippen molar-refractivity contribution in [2.45, 2.75) is 19.6 Å². The van der Waals surface area contributed by atoms with Crippen LogP contribution in [0.25, 0.3) is 6.08 Å². The summed E-state index contributed by atoms with van der Waals surface area (Å²) in [7, 11) is 1.47. The highest BCUT2D eigenvalue weighted by atomic mass is 35.5. The van der Waals surface area contributed by atoms with Gasteiger partial charge in [-0.25, -0.2) is 0 Å². The average molecular weight is 499 g/mol. The summed E-state index contributed by atoms with van der Waals surface area (Å²) in [4.78, 5) is 14.1. The Balaban J connectivity index is 1.71. The lowest BCUT2D eigenvalue weighted by molar-refractivity contribution is -0.138. The predicted octanol–water partition coefficient (Wildman–Crippen LogP) is 4.93. The first-order valence-electron chi connectivity index (χ1n) is 10.7. The Morgan fingerprint density at radius 1 is 1.24 bits per heavy atom. The molecule has 1 amide bonds. The molecule has 1 saturated heterocycles. The Bertz CT molecular complexity index is 1040. The van der Waals surface area contributed by atoms with Crippen LogP contribution in [0.3, 0.4) is 0 Å². The highest BCUT2D eigenvalue weighted by molar-refractivity contribution is 6.32. The molecule has 3 rings (SSSR count). The van der Waals surface area contributed by atoms with Crippen molar-refractivity contribution in [2.24, 2.45) is 0 Å². The van der Waals surface area contributed by atoms with Crippen molar-refractivity contribution >= 4 is 29.3 Å². The highest BCUT2D eigenvalue weighted by Crippen LogP contribution is 2.37. The molecule has 1 fully saturated rings. The van der Waals surface area contributed by atoms with E-state index in [1.165, 1.54) is 25.3 Å². The summed E-state index contributed by atoms with van der Waals surface area (Å²) < 4.78 is 57.0. The second-order valence-corrected chi connectivity index (χ2v) is 7.86. The number of hydrogen-bond donors (Lipinski definition) is 1. The van der Waals surface area contributed by atoms with Gasteiger partial charge in [0.15, 0.2) is 11.5 Å². The monoisotopic (exact) mass is 498 g/mol. The van der Waals surface area contributed by atoms with E-state index >= 15 is 0 Å². The maximum atomic E-state index is 13.7. The van der Waals surface area contributed by atoms with Gasteiger partial charge in [-0.05, 0) is 48.4 Å². The molecule has 1 N–H and O–H groups in total. The van der Waals surface area contributed by atoms with Gasteiger partial charge in [0.1, 0.15) is 0 Å². The van der Waals surface area contributed by atoms with Crippen LogP contribution in [0.1, 0.15) is 23.6 Å². The van der Waals surface area contributed by atoms with Gasteiger partial charge >= 0.3 is 6.18 Å². The molecule has 0 radical (unpaired) electrons. The molecule has 1 aliphatic rings. The topological polar surface area (TPSA) is 60.0 Å². The molecule has 0 atom stereocenters. The minimum Gasteiger partial charge on any atom is -0.491 e. The normalized spacial score (nSPS) is 14.4. The minimum absolute atomic E-state index is 0.0163. The van der Waals surface area contributed by atoms with E-state index in [0.29, 0.717) is 60.7 Å². The molecular weight excluding hydrogens is 473 g/mol. The van der Waals surface area contributed by atoms with Gasteiger partial charge < -0.3 is 24.4 Å². The number of anilines is 1. The molecule has 10 heteroatoms. The lowest BCUT2D eigenvalue weighted by atomic mass is 10.0. The molecule has 2 aromatic carbocycles. The molecule has 1 aliphatic heterocycles. The summed E-state index contributed by atoms with van der Waals surface area (Å²) in [6, 6.07) is 7.40. The molecule has 34 heavy (non-hydrogen) atoms. The van der Waals surface area contributed by atoms with Crippen LogP contribution in [-0.2, 0) is 22.3 Å². The van der Waals surface area contributed by atoms with E-state index in [2.05, 4.69) is 5.32 Å². The van der Waals surface area contributed by atoms with Crippen LogP contribution in [0.4, 0.5) is 18.9 Å². The van der Waals surface area contributed by atoms with E-state index < -0.39 is 17.6 Å². The lowest BCUT2D eigenvalue weighted by Gasteiger charge is -2.29. The Morgan fingerprint density at radius 3 is 2.62 bits per heavy atom. The Kier molecular flexibility index (Phi) is 8.68. The Labute approximate surface area is 201 Å². The summed E-state index contributed by atoms with van der Waals surface area (Å²) >= 11 is 6.20. The second-order valence-electron chi connectivity index (χ2n) is 7.46. The molecule has 184 valence electrons. The number of nitrogens with zero attached hydrogens (tertiary/aromatic N) is 1. The number of amides is 1. The number of alkyl halides is 3. The number of morpholine rings is 1. The number of carbonyl (C=O) groups is 1. The van der Waals surface area contributed by atoms with Crippen LogP contribution >= 0.6 is 11.6 Å². The van der Waals surface area contributed by atoms with Crippen molar-refractivity contribution in [3.05, 3.63) is 58.1 Å². The predicted molar refractivity (Wildman–Crippen MR) is 125 cm³/mol. The molecule has 0 bridgehead atoms. The minimum atomic E-state index is -4.55. The number of methoxy groups -OCH3 is 1. The van der Waals surface area contributed by atoms with Gasteiger partial charge in [-0.3, -0.25) is 4.79 Å². The quantitative estimate of drug-likeness (QED) is 0.523. The number of halogens is 4. The van der Waals surface area contributed by atoms with Crippen molar-refractivity contribution in [3.63, 3.8) is 0 Å². The van der Waals surface area contributed by atoms with Crippen molar-refractivity contribution in [3.8, 4) is 11.5 Å². The third kappa shape index (κ3) is 6.57. The largest absolute Gasteiger partial charge is 0.491 e. The highest BCUT2D eigenvalue weighted by Gasteiger charge is 2.34. The van der Waals surface area contributed by atoms with E-state index in [1.54, 1.807) is 18.2 Å². The maximum absolute atomic E-state index is 13.7. The number of ether oxygens (including phenoxy) is 3. The van der Waals surface area contributed by atoms with E-state index in [0.717, 1.165) is 6.07 Å². The SMILES string of the molecule is CCOc1cc(/C=C/C(=O)NCc2ccc(N3CCOCC3)cc2C(F)(F)F)cc(Cl)c1OC. The first-order valence-corrected chi connectivity index (χ1v) is 11.1. The van der Waals surface area contributed by atoms with Crippen molar-refractivity contribution in [2.75, 3.05) is 44.9 Å². The van der Waals surface area contributed by atoms with Gasteiger partial charge in [0, 0.05) is 31.4 Å². The van der Waals surface area contributed by atoms with Gasteiger partial charge in [0.25, 0.3) is 0 Å². The van der Waals surface area contributed by atoms with Crippen molar-refractivity contribution in [1.29, 1.82) is 0 Å². The van der Waals surface area contributed by atoms with Gasteiger partial charge in [-0.1, -0.05) is 17.7 Å². The van der Waals surface area contributed by atoms with Gasteiger partial charge in [-0.15, -0.1) is 0 Å². The number of carbonyl (C=O) groups excluding carboxylic acids is 1. The van der Waals surface area contributed by atoms with Gasteiger partial charge in [0.05, 0.1) is 37.5 Å². The number of rotatable bonds is 8. The zero-order valence-corrected chi connectivity index (χ0v) is 19.6. The summed E-state index contributed by atoms with van der Waals surface area (Å²) in [5.41, 5.74) is 0.267. The molecule has 0 aliphatic carbocycles. The van der Waals surface area contributed by atoms with E-state index in [-0.39, 0.29) is 12.1 Å². The van der Waals surface area contributed by atoms with Gasteiger partial charge in [-0.2, -0.15) is 13.2 Å². The first kappa shape index (κ1) is 25.7. The molecular formula is C24H26ClF3N2O4. The third-order valence-corrected chi connectivity index (χ3v) is 5.47. The smallest absolute Gasteiger partial charge is 0.416 e. The average Bonchev–Trinajstić information content (AvgIpc) is 2.81. The molecule has 2 aromatic rings.